The summed E-state index contributed by atoms with van der Waals surface area (Å²) in [7, 11) is 1.79. The lowest BCUT2D eigenvalue weighted by molar-refractivity contribution is -0.146. The molecule has 0 heterocycles. The standard InChI is InChI=1S/C16H25F3N2/c1-5-8-21(11-16(17,18)19)10-15(20-4)14-7-6-12(2)13(3)9-14/h6-7,9,15,20H,5,8,10-11H2,1-4H3. The zero-order valence-corrected chi connectivity index (χ0v) is 13.2. The van der Waals surface area contributed by atoms with Gasteiger partial charge in [-0.3, -0.25) is 4.90 Å². The van der Waals surface area contributed by atoms with Crippen LogP contribution in [0.2, 0.25) is 0 Å². The third-order valence-corrected chi connectivity index (χ3v) is 3.67. The van der Waals surface area contributed by atoms with E-state index in [4.69, 9.17) is 0 Å². The number of benzene rings is 1. The summed E-state index contributed by atoms with van der Waals surface area (Å²) in [5.41, 5.74) is 3.38. The highest BCUT2D eigenvalue weighted by atomic mass is 19.4. The molecule has 0 spiro atoms. The van der Waals surface area contributed by atoms with Crippen LogP contribution in [0.5, 0.6) is 0 Å². The average molecular weight is 302 g/mol. The lowest BCUT2D eigenvalue weighted by atomic mass is 10.0. The Hall–Kier alpha value is -1.07. The molecule has 0 saturated carbocycles. The fourth-order valence-corrected chi connectivity index (χ4v) is 2.41. The summed E-state index contributed by atoms with van der Waals surface area (Å²) in [6.07, 6.45) is -3.45. The molecular formula is C16H25F3N2. The number of aryl methyl sites for hydroxylation is 2. The van der Waals surface area contributed by atoms with E-state index < -0.39 is 12.7 Å². The normalized spacial score (nSPS) is 13.7. The number of rotatable bonds is 7. The van der Waals surface area contributed by atoms with Crippen molar-refractivity contribution in [2.24, 2.45) is 0 Å². The van der Waals surface area contributed by atoms with Crippen LogP contribution >= 0.6 is 0 Å². The second-order valence-corrected chi connectivity index (χ2v) is 5.54. The van der Waals surface area contributed by atoms with E-state index in [0.717, 1.165) is 11.1 Å². The Morgan fingerprint density at radius 1 is 1.19 bits per heavy atom. The Balaban J connectivity index is 2.84. The molecule has 0 aliphatic carbocycles. The Morgan fingerprint density at radius 3 is 2.33 bits per heavy atom. The van der Waals surface area contributed by atoms with E-state index in [1.54, 1.807) is 7.05 Å². The lowest BCUT2D eigenvalue weighted by Gasteiger charge is -2.28. The Morgan fingerprint density at radius 2 is 1.86 bits per heavy atom. The molecule has 1 rings (SSSR count). The predicted octanol–water partition coefficient (Wildman–Crippen LogP) is 3.84. The molecule has 0 bridgehead atoms. The van der Waals surface area contributed by atoms with Crippen molar-refractivity contribution in [1.82, 2.24) is 10.2 Å². The smallest absolute Gasteiger partial charge is 0.312 e. The molecule has 5 heteroatoms. The first-order valence-electron chi connectivity index (χ1n) is 7.30. The maximum Gasteiger partial charge on any atom is 0.401 e. The van der Waals surface area contributed by atoms with Gasteiger partial charge in [0.05, 0.1) is 6.54 Å². The zero-order chi connectivity index (χ0) is 16.0. The fraction of sp³-hybridized carbons (Fsp3) is 0.625. The second-order valence-electron chi connectivity index (χ2n) is 5.54. The highest BCUT2D eigenvalue weighted by Crippen LogP contribution is 2.21. The number of hydrogen-bond donors (Lipinski definition) is 1. The predicted molar refractivity (Wildman–Crippen MR) is 80.5 cm³/mol. The first-order valence-corrected chi connectivity index (χ1v) is 7.30. The van der Waals surface area contributed by atoms with Crippen LogP contribution in [0.3, 0.4) is 0 Å². The van der Waals surface area contributed by atoms with Gasteiger partial charge in [-0.2, -0.15) is 13.2 Å². The first kappa shape index (κ1) is 18.0. The van der Waals surface area contributed by atoms with E-state index in [9.17, 15) is 13.2 Å². The molecule has 0 aliphatic rings. The molecule has 21 heavy (non-hydrogen) atoms. The largest absolute Gasteiger partial charge is 0.401 e. The second kappa shape index (κ2) is 7.80. The Bertz CT molecular complexity index is 444. The molecule has 1 unspecified atom stereocenters. The molecule has 1 N–H and O–H groups in total. The molecule has 1 atom stereocenters. The number of hydrogen-bond acceptors (Lipinski definition) is 2. The van der Waals surface area contributed by atoms with Crippen LogP contribution in [-0.2, 0) is 0 Å². The van der Waals surface area contributed by atoms with Crippen molar-refractivity contribution in [2.75, 3.05) is 26.7 Å². The van der Waals surface area contributed by atoms with Gasteiger partial charge in [0.25, 0.3) is 0 Å². The van der Waals surface area contributed by atoms with Crippen LogP contribution in [0.15, 0.2) is 18.2 Å². The molecule has 1 aromatic carbocycles. The number of halogens is 3. The molecule has 0 saturated heterocycles. The Kier molecular flexibility index (Phi) is 6.68. The third kappa shape index (κ3) is 6.06. The SMILES string of the molecule is CCCN(CC(NC)c1ccc(C)c(C)c1)CC(F)(F)F. The number of nitrogens with one attached hydrogen (secondary N) is 1. The molecule has 1 aromatic rings. The fourth-order valence-electron chi connectivity index (χ4n) is 2.41. The zero-order valence-electron chi connectivity index (χ0n) is 13.2. The van der Waals surface area contributed by atoms with Gasteiger partial charge in [-0.1, -0.05) is 25.1 Å². The lowest BCUT2D eigenvalue weighted by Crippen LogP contribution is -2.40. The van der Waals surface area contributed by atoms with Gasteiger partial charge in [0.15, 0.2) is 0 Å². The van der Waals surface area contributed by atoms with Gasteiger partial charge in [-0.25, -0.2) is 0 Å². The average Bonchev–Trinajstić information content (AvgIpc) is 2.37. The monoisotopic (exact) mass is 302 g/mol. The topological polar surface area (TPSA) is 15.3 Å². The minimum atomic E-state index is -4.16. The van der Waals surface area contributed by atoms with Crippen molar-refractivity contribution in [2.45, 2.75) is 39.4 Å². The maximum absolute atomic E-state index is 12.6. The van der Waals surface area contributed by atoms with Crippen molar-refractivity contribution < 1.29 is 13.2 Å². The van der Waals surface area contributed by atoms with Crippen LogP contribution in [0.1, 0.15) is 36.1 Å². The number of likely N-dealkylation sites (N-methyl/N-ethyl adjacent to an activating group) is 1. The summed E-state index contributed by atoms with van der Waals surface area (Å²) in [5, 5.41) is 3.13. The van der Waals surface area contributed by atoms with Crippen LogP contribution < -0.4 is 5.32 Å². The quantitative estimate of drug-likeness (QED) is 0.823. The molecule has 0 aliphatic heterocycles. The van der Waals surface area contributed by atoms with Crippen LogP contribution in [0, 0.1) is 13.8 Å². The number of nitrogens with zero attached hydrogens (tertiary/aromatic N) is 1. The van der Waals surface area contributed by atoms with Crippen molar-refractivity contribution >= 4 is 0 Å². The summed E-state index contributed by atoms with van der Waals surface area (Å²) in [6.45, 7) is 5.89. The first-order chi connectivity index (χ1) is 9.76. The van der Waals surface area contributed by atoms with Gasteiger partial charge in [0.1, 0.15) is 0 Å². The molecule has 0 aromatic heterocycles. The Labute approximate surface area is 125 Å². The summed E-state index contributed by atoms with van der Waals surface area (Å²) < 4.78 is 37.9. The van der Waals surface area contributed by atoms with Gasteiger partial charge < -0.3 is 5.32 Å². The van der Waals surface area contributed by atoms with Crippen molar-refractivity contribution in [3.05, 3.63) is 34.9 Å². The van der Waals surface area contributed by atoms with Gasteiger partial charge in [-0.05, 0) is 50.6 Å². The summed E-state index contributed by atoms with van der Waals surface area (Å²) in [5.74, 6) is 0. The van der Waals surface area contributed by atoms with E-state index in [1.165, 1.54) is 10.5 Å². The molecule has 2 nitrogen and oxygen atoms in total. The van der Waals surface area contributed by atoms with Gasteiger partial charge >= 0.3 is 6.18 Å². The van der Waals surface area contributed by atoms with Crippen molar-refractivity contribution in [3.63, 3.8) is 0 Å². The molecule has 0 radical (unpaired) electrons. The highest BCUT2D eigenvalue weighted by molar-refractivity contribution is 5.31. The van der Waals surface area contributed by atoms with E-state index in [1.807, 2.05) is 39.0 Å². The van der Waals surface area contributed by atoms with Gasteiger partial charge in [0.2, 0.25) is 0 Å². The molecule has 0 fully saturated rings. The highest BCUT2D eigenvalue weighted by Gasteiger charge is 2.31. The number of alkyl halides is 3. The molecule has 0 amide bonds. The molecule has 120 valence electrons. The van der Waals surface area contributed by atoms with E-state index >= 15 is 0 Å². The van der Waals surface area contributed by atoms with Gasteiger partial charge in [0, 0.05) is 12.6 Å². The van der Waals surface area contributed by atoms with Crippen molar-refractivity contribution in [1.29, 1.82) is 0 Å². The van der Waals surface area contributed by atoms with Crippen molar-refractivity contribution in [3.8, 4) is 0 Å². The summed E-state index contributed by atoms with van der Waals surface area (Å²) >= 11 is 0. The van der Waals surface area contributed by atoms with E-state index in [0.29, 0.717) is 19.5 Å². The minimum Gasteiger partial charge on any atom is -0.312 e. The maximum atomic E-state index is 12.6. The van der Waals surface area contributed by atoms with E-state index in [2.05, 4.69) is 5.32 Å². The van der Waals surface area contributed by atoms with Crippen LogP contribution in [0.4, 0.5) is 13.2 Å². The summed E-state index contributed by atoms with van der Waals surface area (Å²) in [6, 6.07) is 5.96. The van der Waals surface area contributed by atoms with Gasteiger partial charge in [-0.15, -0.1) is 0 Å². The van der Waals surface area contributed by atoms with Crippen LogP contribution in [-0.4, -0.2) is 37.8 Å². The minimum absolute atomic E-state index is 0.0989. The van der Waals surface area contributed by atoms with Crippen LogP contribution in [0.25, 0.3) is 0 Å². The third-order valence-electron chi connectivity index (χ3n) is 3.67. The molecular weight excluding hydrogens is 277 g/mol. The summed E-state index contributed by atoms with van der Waals surface area (Å²) in [4.78, 5) is 1.47. The van der Waals surface area contributed by atoms with E-state index in [-0.39, 0.29) is 6.04 Å².